The normalized spacial score (nSPS) is 14.4. The lowest BCUT2D eigenvalue weighted by Crippen LogP contribution is -2.22. The van der Waals surface area contributed by atoms with E-state index in [9.17, 15) is 0 Å². The van der Waals surface area contributed by atoms with Crippen molar-refractivity contribution in [3.8, 4) is 0 Å². The molecule has 1 aliphatic rings. The molecular weight excluding hydrogens is 358 g/mol. The van der Waals surface area contributed by atoms with E-state index in [-0.39, 0.29) is 0 Å². The topological polar surface area (TPSA) is 78.3 Å². The van der Waals surface area contributed by atoms with Crippen molar-refractivity contribution in [2.45, 2.75) is 19.8 Å². The lowest BCUT2D eigenvalue weighted by Gasteiger charge is -2.16. The monoisotopic (exact) mass is 379 g/mol. The quantitative estimate of drug-likeness (QED) is 0.496. The van der Waals surface area contributed by atoms with Gasteiger partial charge in [0.15, 0.2) is 0 Å². The summed E-state index contributed by atoms with van der Waals surface area (Å²) in [7, 11) is 0. The van der Waals surface area contributed by atoms with Crippen LogP contribution in [0.3, 0.4) is 0 Å². The number of nitrogens with zero attached hydrogens (tertiary/aromatic N) is 5. The third kappa shape index (κ3) is 4.40. The van der Waals surface area contributed by atoms with Gasteiger partial charge in [-0.05, 0) is 43.3 Å². The van der Waals surface area contributed by atoms with Gasteiger partial charge >= 0.3 is 0 Å². The van der Waals surface area contributed by atoms with Crippen LogP contribution in [0, 0.1) is 0 Å². The molecule has 0 radical (unpaired) electrons. The average Bonchev–Trinajstić information content (AvgIpc) is 3.40. The van der Waals surface area contributed by atoms with Gasteiger partial charge in [0.2, 0.25) is 17.8 Å². The molecule has 0 spiro atoms. The van der Waals surface area contributed by atoms with Crippen molar-refractivity contribution in [3.05, 3.63) is 52.7 Å². The summed E-state index contributed by atoms with van der Waals surface area (Å²) in [5.74, 6) is 1.61. The smallest absolute Gasteiger partial charge is 0.250 e. The van der Waals surface area contributed by atoms with Gasteiger partial charge in [0.25, 0.3) is 0 Å². The van der Waals surface area contributed by atoms with Gasteiger partial charge in [-0.2, -0.15) is 20.1 Å². The predicted octanol–water partition coefficient (Wildman–Crippen LogP) is 4.11. The van der Waals surface area contributed by atoms with Crippen LogP contribution < -0.4 is 15.6 Å². The van der Waals surface area contributed by atoms with Gasteiger partial charge < -0.3 is 10.2 Å². The number of benzene rings is 1. The van der Waals surface area contributed by atoms with Crippen LogP contribution in [-0.4, -0.2) is 33.8 Å². The maximum atomic E-state index is 4.59. The molecule has 0 atom stereocenters. The summed E-state index contributed by atoms with van der Waals surface area (Å²) in [5.41, 5.74) is 4.81. The summed E-state index contributed by atoms with van der Waals surface area (Å²) in [5, 5.41) is 9.71. The summed E-state index contributed by atoms with van der Waals surface area (Å²) in [4.78, 5) is 16.9. The van der Waals surface area contributed by atoms with Gasteiger partial charge in [-0.3, -0.25) is 0 Å². The molecule has 0 aliphatic carbocycles. The Morgan fingerprint density at radius 2 is 1.78 bits per heavy atom. The van der Waals surface area contributed by atoms with Crippen molar-refractivity contribution in [1.29, 1.82) is 0 Å². The van der Waals surface area contributed by atoms with Gasteiger partial charge in [0, 0.05) is 23.7 Å². The number of hydrogen-bond donors (Lipinski definition) is 2. The Labute approximate surface area is 162 Å². The van der Waals surface area contributed by atoms with Crippen LogP contribution >= 0.6 is 11.3 Å². The molecule has 3 heterocycles. The second-order valence-electron chi connectivity index (χ2n) is 6.25. The number of para-hydroxylation sites is 1. The van der Waals surface area contributed by atoms with Crippen molar-refractivity contribution in [2.75, 3.05) is 28.7 Å². The van der Waals surface area contributed by atoms with Crippen LogP contribution in [0.15, 0.2) is 52.9 Å². The molecule has 8 heteroatoms. The SMILES string of the molecule is CC(=NNc1nc(Nc2ccccc2)nc(N2CCCC2)n1)c1cccs1. The van der Waals surface area contributed by atoms with Crippen LogP contribution in [-0.2, 0) is 0 Å². The Bertz CT molecular complexity index is 903. The molecule has 0 bridgehead atoms. The van der Waals surface area contributed by atoms with E-state index >= 15 is 0 Å². The third-order valence-electron chi connectivity index (χ3n) is 4.24. The maximum absolute atomic E-state index is 4.59. The zero-order valence-electron chi connectivity index (χ0n) is 15.1. The zero-order valence-corrected chi connectivity index (χ0v) is 15.9. The number of hydrazone groups is 1. The highest BCUT2D eigenvalue weighted by Gasteiger charge is 2.17. The second kappa shape index (κ2) is 8.13. The molecule has 0 saturated carbocycles. The van der Waals surface area contributed by atoms with Crippen molar-refractivity contribution in [3.63, 3.8) is 0 Å². The molecule has 4 rings (SSSR count). The maximum Gasteiger partial charge on any atom is 0.250 e. The molecule has 1 fully saturated rings. The molecule has 138 valence electrons. The predicted molar refractivity (Wildman–Crippen MR) is 111 cm³/mol. The molecule has 27 heavy (non-hydrogen) atoms. The number of thiophene rings is 1. The van der Waals surface area contributed by atoms with E-state index in [0.717, 1.165) is 42.2 Å². The lowest BCUT2D eigenvalue weighted by atomic mass is 10.3. The summed E-state index contributed by atoms with van der Waals surface area (Å²) < 4.78 is 0. The van der Waals surface area contributed by atoms with E-state index in [1.165, 1.54) is 0 Å². The van der Waals surface area contributed by atoms with Crippen molar-refractivity contribution in [1.82, 2.24) is 15.0 Å². The molecule has 3 aromatic rings. The highest BCUT2D eigenvalue weighted by Crippen LogP contribution is 2.21. The Balaban J connectivity index is 1.60. The van der Waals surface area contributed by atoms with E-state index in [1.807, 2.05) is 54.8 Å². The van der Waals surface area contributed by atoms with E-state index in [1.54, 1.807) is 11.3 Å². The number of rotatable bonds is 6. The van der Waals surface area contributed by atoms with Gasteiger partial charge in [0.1, 0.15) is 0 Å². The van der Waals surface area contributed by atoms with Crippen LogP contribution in [0.25, 0.3) is 0 Å². The molecule has 1 aromatic carbocycles. The number of aromatic nitrogens is 3. The molecule has 2 aromatic heterocycles. The number of anilines is 4. The van der Waals surface area contributed by atoms with Crippen LogP contribution in [0.4, 0.5) is 23.5 Å². The third-order valence-corrected chi connectivity index (χ3v) is 5.22. The first-order chi connectivity index (χ1) is 13.3. The average molecular weight is 379 g/mol. The van der Waals surface area contributed by atoms with Gasteiger partial charge in [0.05, 0.1) is 5.71 Å². The number of nitrogens with one attached hydrogen (secondary N) is 2. The van der Waals surface area contributed by atoms with Crippen LogP contribution in [0.2, 0.25) is 0 Å². The Morgan fingerprint density at radius 1 is 1.00 bits per heavy atom. The Kier molecular flexibility index (Phi) is 5.24. The zero-order chi connectivity index (χ0) is 18.5. The van der Waals surface area contributed by atoms with E-state index in [0.29, 0.717) is 17.8 Å². The summed E-state index contributed by atoms with van der Waals surface area (Å²) in [6.45, 7) is 3.89. The van der Waals surface area contributed by atoms with Crippen LogP contribution in [0.5, 0.6) is 0 Å². The summed E-state index contributed by atoms with van der Waals surface area (Å²) in [6, 6.07) is 13.9. The van der Waals surface area contributed by atoms with E-state index in [2.05, 4.69) is 35.7 Å². The Morgan fingerprint density at radius 3 is 2.52 bits per heavy atom. The molecule has 7 nitrogen and oxygen atoms in total. The summed E-state index contributed by atoms with van der Waals surface area (Å²) >= 11 is 1.65. The van der Waals surface area contributed by atoms with E-state index < -0.39 is 0 Å². The highest BCUT2D eigenvalue weighted by molar-refractivity contribution is 7.12. The first kappa shape index (κ1) is 17.4. The number of hydrogen-bond acceptors (Lipinski definition) is 8. The fraction of sp³-hybridized carbons (Fsp3) is 0.263. The fourth-order valence-corrected chi connectivity index (χ4v) is 3.53. The van der Waals surface area contributed by atoms with Gasteiger partial charge in [-0.15, -0.1) is 11.3 Å². The minimum atomic E-state index is 0.432. The van der Waals surface area contributed by atoms with E-state index in [4.69, 9.17) is 0 Å². The Hall–Kier alpha value is -3.00. The van der Waals surface area contributed by atoms with Gasteiger partial charge in [-0.25, -0.2) is 5.43 Å². The molecule has 1 saturated heterocycles. The fourth-order valence-electron chi connectivity index (χ4n) is 2.85. The molecule has 0 unspecified atom stereocenters. The molecule has 1 aliphatic heterocycles. The van der Waals surface area contributed by atoms with Crippen molar-refractivity contribution in [2.24, 2.45) is 5.10 Å². The van der Waals surface area contributed by atoms with Gasteiger partial charge in [-0.1, -0.05) is 24.3 Å². The minimum absolute atomic E-state index is 0.432. The van der Waals surface area contributed by atoms with Crippen molar-refractivity contribution >= 4 is 40.6 Å². The summed E-state index contributed by atoms with van der Waals surface area (Å²) in [6.07, 6.45) is 2.32. The second-order valence-corrected chi connectivity index (χ2v) is 7.20. The molecular formula is C19H21N7S. The molecule has 0 amide bonds. The standard InChI is InChI=1S/C19H21N7S/c1-14(16-10-7-13-27-16)24-25-18-21-17(20-15-8-3-2-4-9-15)22-19(23-18)26-11-5-6-12-26/h2-4,7-10,13H,5-6,11-12H2,1H3,(H2,20,21,22,23,25). The molecule has 2 N–H and O–H groups in total. The highest BCUT2D eigenvalue weighted by atomic mass is 32.1. The lowest BCUT2D eigenvalue weighted by molar-refractivity contribution is 0.882. The largest absolute Gasteiger partial charge is 0.341 e. The minimum Gasteiger partial charge on any atom is -0.341 e. The van der Waals surface area contributed by atoms with Crippen LogP contribution in [0.1, 0.15) is 24.6 Å². The first-order valence-corrected chi connectivity index (χ1v) is 9.83. The first-order valence-electron chi connectivity index (χ1n) is 8.95. The van der Waals surface area contributed by atoms with Crippen molar-refractivity contribution < 1.29 is 0 Å².